The molecule has 0 radical (unpaired) electrons. The molecule has 21 heavy (non-hydrogen) atoms. The van der Waals surface area contributed by atoms with Crippen LogP contribution in [0, 0.1) is 11.8 Å². The molecule has 0 aromatic heterocycles. The van der Waals surface area contributed by atoms with Gasteiger partial charge in [0.1, 0.15) is 0 Å². The smallest absolute Gasteiger partial charge is 0.330 e. The second kappa shape index (κ2) is 9.15. The fourth-order valence-electron chi connectivity index (χ4n) is 2.56. The van der Waals surface area contributed by atoms with Gasteiger partial charge in [0.15, 0.2) is 0 Å². The van der Waals surface area contributed by atoms with Crippen molar-refractivity contribution >= 4 is 5.97 Å². The first-order valence-electron chi connectivity index (χ1n) is 7.19. The zero-order valence-electron chi connectivity index (χ0n) is 12.8. The molecule has 0 fully saturated rings. The molecule has 0 amide bonds. The lowest BCUT2D eigenvalue weighted by atomic mass is 9.75. The topological polar surface area (TPSA) is 118 Å². The van der Waals surface area contributed by atoms with Crippen LogP contribution in [0.4, 0.5) is 0 Å². The number of aliphatic hydroxyl groups is 4. The quantitative estimate of drug-likeness (QED) is 0.355. The Kier molecular flexibility index (Phi) is 8.73. The second-order valence-electron chi connectivity index (χ2n) is 5.94. The summed E-state index contributed by atoms with van der Waals surface area (Å²) in [6.45, 7) is 6.32. The van der Waals surface area contributed by atoms with Gasteiger partial charge in [0.2, 0.25) is 0 Å². The van der Waals surface area contributed by atoms with Crippen molar-refractivity contribution in [2.75, 3.05) is 13.2 Å². The minimum absolute atomic E-state index is 0.0181. The highest BCUT2D eigenvalue weighted by Crippen LogP contribution is 2.34. The van der Waals surface area contributed by atoms with Gasteiger partial charge in [-0.05, 0) is 32.1 Å². The van der Waals surface area contributed by atoms with Gasteiger partial charge in [0.25, 0.3) is 0 Å². The number of hydrogen-bond donors (Lipinski definition) is 5. The van der Waals surface area contributed by atoms with Crippen LogP contribution in [0.15, 0.2) is 12.2 Å². The van der Waals surface area contributed by atoms with Crippen LogP contribution in [0.3, 0.4) is 0 Å². The molecule has 6 heteroatoms. The fraction of sp³-hybridized carbons (Fsp3) is 0.800. The Balaban J connectivity index is 5.03. The normalized spacial score (nSPS) is 18.6. The van der Waals surface area contributed by atoms with Gasteiger partial charge < -0.3 is 25.5 Å². The molecule has 0 rings (SSSR count). The minimum Gasteiger partial charge on any atom is -0.478 e. The van der Waals surface area contributed by atoms with Crippen molar-refractivity contribution in [3.8, 4) is 0 Å². The van der Waals surface area contributed by atoms with Gasteiger partial charge in [0.05, 0.1) is 11.7 Å². The van der Waals surface area contributed by atoms with E-state index in [0.29, 0.717) is 6.42 Å². The van der Waals surface area contributed by atoms with E-state index in [1.807, 2.05) is 0 Å². The minimum atomic E-state index is -1.32. The highest BCUT2D eigenvalue weighted by atomic mass is 16.4. The van der Waals surface area contributed by atoms with Crippen molar-refractivity contribution in [1.29, 1.82) is 0 Å². The van der Waals surface area contributed by atoms with Crippen molar-refractivity contribution in [3.63, 3.8) is 0 Å². The summed E-state index contributed by atoms with van der Waals surface area (Å²) >= 11 is 0. The zero-order valence-corrected chi connectivity index (χ0v) is 12.8. The van der Waals surface area contributed by atoms with Gasteiger partial charge in [0, 0.05) is 31.1 Å². The van der Waals surface area contributed by atoms with Gasteiger partial charge in [-0.1, -0.05) is 13.5 Å². The zero-order chi connectivity index (χ0) is 16.6. The summed E-state index contributed by atoms with van der Waals surface area (Å²) in [7, 11) is 0. The molecule has 0 aliphatic heterocycles. The molecular formula is C15H28O6. The summed E-state index contributed by atoms with van der Waals surface area (Å²) in [4.78, 5) is 10.9. The summed E-state index contributed by atoms with van der Waals surface area (Å²) in [5.41, 5.74) is -1.30. The van der Waals surface area contributed by atoms with Crippen LogP contribution in [0.2, 0.25) is 0 Å². The Morgan fingerprint density at radius 1 is 1.24 bits per heavy atom. The first-order chi connectivity index (χ1) is 9.66. The van der Waals surface area contributed by atoms with E-state index < -0.39 is 23.6 Å². The molecule has 124 valence electrons. The summed E-state index contributed by atoms with van der Waals surface area (Å²) in [6, 6.07) is 0. The summed E-state index contributed by atoms with van der Waals surface area (Å²) in [6.07, 6.45) is -0.00717. The molecule has 0 aliphatic carbocycles. The van der Waals surface area contributed by atoms with E-state index in [1.165, 1.54) is 0 Å². The van der Waals surface area contributed by atoms with Crippen molar-refractivity contribution in [2.45, 2.75) is 51.2 Å². The summed E-state index contributed by atoms with van der Waals surface area (Å²) in [5.74, 6) is -1.85. The second-order valence-corrected chi connectivity index (χ2v) is 5.94. The van der Waals surface area contributed by atoms with E-state index in [2.05, 4.69) is 6.58 Å². The van der Waals surface area contributed by atoms with Gasteiger partial charge in [-0.15, -0.1) is 0 Å². The van der Waals surface area contributed by atoms with Crippen molar-refractivity contribution in [3.05, 3.63) is 12.2 Å². The monoisotopic (exact) mass is 304 g/mol. The molecule has 0 aliphatic rings. The molecule has 6 nitrogen and oxygen atoms in total. The Morgan fingerprint density at radius 3 is 2.19 bits per heavy atom. The lowest BCUT2D eigenvalue weighted by Crippen LogP contribution is -2.43. The predicted octanol–water partition coefficient (Wildman–Crippen LogP) is 0.536. The number of hydrogen-bond acceptors (Lipinski definition) is 5. The third-order valence-corrected chi connectivity index (χ3v) is 3.86. The van der Waals surface area contributed by atoms with Gasteiger partial charge in [-0.3, -0.25) is 0 Å². The molecule has 4 unspecified atom stereocenters. The molecule has 0 heterocycles. The maximum absolute atomic E-state index is 10.9. The maximum Gasteiger partial charge on any atom is 0.330 e. The lowest BCUT2D eigenvalue weighted by molar-refractivity contribution is -0.133. The van der Waals surface area contributed by atoms with Crippen LogP contribution in [0.25, 0.3) is 0 Å². The summed E-state index contributed by atoms with van der Waals surface area (Å²) in [5, 5.41) is 47.6. The first-order valence-corrected chi connectivity index (χ1v) is 7.19. The van der Waals surface area contributed by atoms with Crippen LogP contribution in [-0.2, 0) is 4.79 Å². The first kappa shape index (κ1) is 20.1. The fourth-order valence-corrected chi connectivity index (χ4v) is 2.56. The van der Waals surface area contributed by atoms with Gasteiger partial charge >= 0.3 is 5.97 Å². The van der Waals surface area contributed by atoms with Crippen LogP contribution in [-0.4, -0.2) is 56.4 Å². The van der Waals surface area contributed by atoms with Crippen LogP contribution in [0.5, 0.6) is 0 Å². The standard InChI is InChI=1S/C15H28O6/c1-10(14(19)20)6-13(4-5-16)8-15(21,7-12(3)18)11(2)9-17/h11-13,16-18,21H,1,4-9H2,2-3H3,(H,19,20). The Labute approximate surface area is 125 Å². The SMILES string of the molecule is C=C(CC(CCO)CC(O)(CC(C)O)C(C)CO)C(=O)O. The maximum atomic E-state index is 10.9. The lowest BCUT2D eigenvalue weighted by Gasteiger charge is -2.37. The van der Waals surface area contributed by atoms with Crippen LogP contribution in [0.1, 0.15) is 39.5 Å². The Hall–Kier alpha value is -0.950. The van der Waals surface area contributed by atoms with Gasteiger partial charge in [-0.25, -0.2) is 4.79 Å². The Morgan fingerprint density at radius 2 is 1.81 bits per heavy atom. The molecule has 0 spiro atoms. The number of carboxylic acids is 1. The molecule has 4 atom stereocenters. The van der Waals surface area contributed by atoms with Crippen molar-refractivity contribution < 1.29 is 30.3 Å². The number of aliphatic carboxylic acids is 1. The third-order valence-electron chi connectivity index (χ3n) is 3.86. The van der Waals surface area contributed by atoms with E-state index >= 15 is 0 Å². The van der Waals surface area contributed by atoms with E-state index in [4.69, 9.17) is 10.2 Å². The molecule has 0 saturated heterocycles. The highest BCUT2D eigenvalue weighted by molar-refractivity contribution is 5.85. The van der Waals surface area contributed by atoms with E-state index in [-0.39, 0.29) is 44.0 Å². The molecule has 0 bridgehead atoms. The molecular weight excluding hydrogens is 276 g/mol. The van der Waals surface area contributed by atoms with Gasteiger partial charge in [-0.2, -0.15) is 0 Å². The number of carboxylic acid groups (broad SMARTS) is 1. The average Bonchev–Trinajstić information content (AvgIpc) is 2.36. The molecule has 0 aromatic carbocycles. The predicted molar refractivity (Wildman–Crippen MR) is 78.7 cm³/mol. The molecule has 0 saturated carbocycles. The third kappa shape index (κ3) is 7.04. The van der Waals surface area contributed by atoms with E-state index in [0.717, 1.165) is 0 Å². The number of aliphatic hydroxyl groups excluding tert-OH is 3. The average molecular weight is 304 g/mol. The van der Waals surface area contributed by atoms with Crippen molar-refractivity contribution in [1.82, 2.24) is 0 Å². The molecule has 0 aromatic rings. The number of rotatable bonds is 11. The molecule has 5 N–H and O–H groups in total. The van der Waals surface area contributed by atoms with Crippen molar-refractivity contribution in [2.24, 2.45) is 11.8 Å². The Bertz CT molecular complexity index is 341. The largest absolute Gasteiger partial charge is 0.478 e. The van der Waals surface area contributed by atoms with Crippen LogP contribution < -0.4 is 0 Å². The van der Waals surface area contributed by atoms with Crippen LogP contribution >= 0.6 is 0 Å². The van der Waals surface area contributed by atoms with E-state index in [9.17, 15) is 20.1 Å². The van der Waals surface area contributed by atoms with E-state index in [1.54, 1.807) is 13.8 Å². The highest BCUT2D eigenvalue weighted by Gasteiger charge is 2.37. The number of carbonyl (C=O) groups is 1. The summed E-state index contributed by atoms with van der Waals surface area (Å²) < 4.78 is 0.